The predicted octanol–water partition coefficient (Wildman–Crippen LogP) is 4.86. The molecule has 1 amide bonds. The average Bonchev–Trinajstić information content (AvgIpc) is 2.89. The van der Waals surface area contributed by atoms with E-state index in [9.17, 15) is 17.6 Å². The van der Waals surface area contributed by atoms with E-state index in [0.717, 1.165) is 22.7 Å². The Labute approximate surface area is 208 Å². The molecule has 2 heterocycles. The molecular formula is C27H24FN3O4S. The number of rotatable bonds is 6. The van der Waals surface area contributed by atoms with E-state index in [1.807, 2.05) is 30.3 Å². The number of carbonyl (C=O) groups excluding carboxylic acids is 1. The van der Waals surface area contributed by atoms with Gasteiger partial charge in [0.2, 0.25) is 0 Å². The first-order valence-corrected chi connectivity index (χ1v) is 13.1. The number of sulfonamides is 1. The highest BCUT2D eigenvalue weighted by Crippen LogP contribution is 2.27. The summed E-state index contributed by atoms with van der Waals surface area (Å²) in [5.41, 5.74) is 1.51. The van der Waals surface area contributed by atoms with Crippen LogP contribution in [-0.4, -0.2) is 43.4 Å². The lowest BCUT2D eigenvalue weighted by Crippen LogP contribution is -2.41. The van der Waals surface area contributed by atoms with Crippen LogP contribution in [0.1, 0.15) is 23.2 Å². The van der Waals surface area contributed by atoms with E-state index >= 15 is 0 Å². The first kappa shape index (κ1) is 23.7. The van der Waals surface area contributed by atoms with Gasteiger partial charge in [-0.1, -0.05) is 30.3 Å². The first-order chi connectivity index (χ1) is 17.4. The molecule has 184 valence electrons. The van der Waals surface area contributed by atoms with Crippen molar-refractivity contribution >= 4 is 32.5 Å². The maximum atomic E-state index is 13.9. The summed E-state index contributed by atoms with van der Waals surface area (Å²) in [5.74, 6) is -0.226. The van der Waals surface area contributed by atoms with E-state index in [-0.39, 0.29) is 17.7 Å². The maximum absolute atomic E-state index is 13.9. The van der Waals surface area contributed by atoms with Gasteiger partial charge in [-0.2, -0.15) is 0 Å². The van der Waals surface area contributed by atoms with Crippen molar-refractivity contribution in [3.63, 3.8) is 0 Å². The highest BCUT2D eigenvalue weighted by atomic mass is 32.2. The number of fused-ring (bicyclic) bond motifs is 1. The normalized spacial score (nSPS) is 14.5. The lowest BCUT2D eigenvalue weighted by atomic mass is 10.1. The Morgan fingerprint density at radius 1 is 0.944 bits per heavy atom. The number of benzene rings is 3. The second-order valence-corrected chi connectivity index (χ2v) is 10.2. The summed E-state index contributed by atoms with van der Waals surface area (Å²) in [6, 6.07) is 21.0. The maximum Gasteiger partial charge on any atom is 0.264 e. The Hall–Kier alpha value is -3.98. The molecule has 7 nitrogen and oxygen atoms in total. The molecule has 0 atom stereocenters. The molecule has 9 heteroatoms. The molecule has 36 heavy (non-hydrogen) atoms. The zero-order valence-electron chi connectivity index (χ0n) is 19.3. The second kappa shape index (κ2) is 9.94. The minimum atomic E-state index is -4.08. The summed E-state index contributed by atoms with van der Waals surface area (Å²) < 4.78 is 47.4. The van der Waals surface area contributed by atoms with Gasteiger partial charge in [0.1, 0.15) is 28.1 Å². The van der Waals surface area contributed by atoms with Crippen LogP contribution in [0.15, 0.2) is 90.0 Å². The number of ether oxygens (including phenoxy) is 1. The van der Waals surface area contributed by atoms with E-state index in [1.165, 1.54) is 30.3 Å². The SMILES string of the molecule is O=C(c1ccc(NS(=O)(=O)c2ccccc2F)cc1)N1CCC(Oc2cccc3cccnc23)CC1. The minimum Gasteiger partial charge on any atom is -0.488 e. The minimum absolute atomic E-state index is 0.0168. The number of amides is 1. The highest BCUT2D eigenvalue weighted by Gasteiger charge is 2.25. The topological polar surface area (TPSA) is 88.6 Å². The second-order valence-electron chi connectivity index (χ2n) is 8.55. The molecule has 0 unspecified atom stereocenters. The summed E-state index contributed by atoms with van der Waals surface area (Å²) in [7, 11) is -4.08. The van der Waals surface area contributed by atoms with Crippen LogP contribution in [0.3, 0.4) is 0 Å². The number of hydrogen-bond acceptors (Lipinski definition) is 5. The van der Waals surface area contributed by atoms with Crippen molar-refractivity contribution in [2.24, 2.45) is 0 Å². The molecule has 4 aromatic rings. The lowest BCUT2D eigenvalue weighted by Gasteiger charge is -2.32. The molecule has 0 bridgehead atoms. The third kappa shape index (κ3) is 5.01. The molecule has 3 aromatic carbocycles. The number of nitrogens with one attached hydrogen (secondary N) is 1. The van der Waals surface area contributed by atoms with Gasteiger partial charge in [-0.25, -0.2) is 12.8 Å². The number of aromatic nitrogens is 1. The molecule has 1 N–H and O–H groups in total. The zero-order chi connectivity index (χ0) is 25.1. The molecular weight excluding hydrogens is 481 g/mol. The smallest absolute Gasteiger partial charge is 0.264 e. The molecule has 1 saturated heterocycles. The van der Waals surface area contributed by atoms with Gasteiger partial charge in [0.15, 0.2) is 0 Å². The van der Waals surface area contributed by atoms with E-state index < -0.39 is 20.7 Å². The average molecular weight is 506 g/mol. The quantitative estimate of drug-likeness (QED) is 0.404. The third-order valence-electron chi connectivity index (χ3n) is 6.13. The van der Waals surface area contributed by atoms with E-state index in [0.29, 0.717) is 31.5 Å². The Balaban J connectivity index is 1.19. The molecule has 1 aliphatic rings. The van der Waals surface area contributed by atoms with E-state index in [4.69, 9.17) is 4.74 Å². The molecule has 0 spiro atoms. The number of pyridine rings is 1. The molecule has 0 aliphatic carbocycles. The van der Waals surface area contributed by atoms with Crippen LogP contribution >= 0.6 is 0 Å². The summed E-state index contributed by atoms with van der Waals surface area (Å²) in [4.78, 5) is 18.7. The Kier molecular flexibility index (Phi) is 6.56. The predicted molar refractivity (Wildman–Crippen MR) is 135 cm³/mol. The van der Waals surface area contributed by atoms with E-state index in [1.54, 1.807) is 23.2 Å². The fraction of sp³-hybridized carbons (Fsp3) is 0.185. The van der Waals surface area contributed by atoms with Crippen LogP contribution in [0.5, 0.6) is 5.75 Å². The van der Waals surface area contributed by atoms with Crippen molar-refractivity contribution < 1.29 is 22.3 Å². The number of likely N-dealkylation sites (tertiary alicyclic amines) is 1. The summed E-state index contributed by atoms with van der Waals surface area (Å²) in [5, 5.41) is 1.02. The number of hydrogen-bond donors (Lipinski definition) is 1. The number of nitrogens with zero attached hydrogens (tertiary/aromatic N) is 2. The van der Waals surface area contributed by atoms with Gasteiger partial charge in [-0.15, -0.1) is 0 Å². The lowest BCUT2D eigenvalue weighted by molar-refractivity contribution is 0.0597. The number of halogens is 1. The van der Waals surface area contributed by atoms with Crippen molar-refractivity contribution in [2.75, 3.05) is 17.8 Å². The van der Waals surface area contributed by atoms with Gasteiger partial charge < -0.3 is 9.64 Å². The fourth-order valence-corrected chi connectivity index (χ4v) is 5.40. The summed E-state index contributed by atoms with van der Waals surface area (Å²) in [6.45, 7) is 1.09. The number of carbonyl (C=O) groups is 1. The van der Waals surface area contributed by atoms with Gasteiger partial charge in [0, 0.05) is 48.8 Å². The monoisotopic (exact) mass is 505 g/mol. The highest BCUT2D eigenvalue weighted by molar-refractivity contribution is 7.92. The summed E-state index contributed by atoms with van der Waals surface area (Å²) >= 11 is 0. The van der Waals surface area contributed by atoms with Crippen molar-refractivity contribution in [3.8, 4) is 5.75 Å². The molecule has 0 radical (unpaired) electrons. The number of para-hydroxylation sites is 1. The van der Waals surface area contributed by atoms with Crippen LogP contribution in [0.4, 0.5) is 10.1 Å². The van der Waals surface area contributed by atoms with Gasteiger partial charge in [-0.3, -0.25) is 14.5 Å². The van der Waals surface area contributed by atoms with Crippen LogP contribution in [-0.2, 0) is 10.0 Å². The molecule has 0 saturated carbocycles. The summed E-state index contributed by atoms with van der Waals surface area (Å²) in [6.07, 6.45) is 3.11. The third-order valence-corrected chi connectivity index (χ3v) is 7.54. The van der Waals surface area contributed by atoms with Gasteiger partial charge in [-0.05, 0) is 48.5 Å². The Morgan fingerprint density at radius 3 is 2.42 bits per heavy atom. The molecule has 1 fully saturated rings. The van der Waals surface area contributed by atoms with Crippen LogP contribution < -0.4 is 9.46 Å². The van der Waals surface area contributed by atoms with Crippen LogP contribution in [0, 0.1) is 5.82 Å². The number of piperidine rings is 1. The zero-order valence-corrected chi connectivity index (χ0v) is 20.1. The van der Waals surface area contributed by atoms with Crippen molar-refractivity contribution in [2.45, 2.75) is 23.8 Å². The van der Waals surface area contributed by atoms with Gasteiger partial charge in [0.05, 0.1) is 0 Å². The standard InChI is InChI=1S/C27H24FN3O4S/c28-23-7-1-2-9-25(23)36(33,34)30-21-12-10-20(11-13-21)27(32)31-17-14-22(15-18-31)35-24-8-3-5-19-6-4-16-29-26(19)24/h1-13,16,22,30H,14-15,17-18H2. The number of anilines is 1. The van der Waals surface area contributed by atoms with Gasteiger partial charge >= 0.3 is 0 Å². The fourth-order valence-electron chi connectivity index (χ4n) is 4.26. The van der Waals surface area contributed by atoms with Crippen LogP contribution in [0.25, 0.3) is 10.9 Å². The first-order valence-electron chi connectivity index (χ1n) is 11.6. The Morgan fingerprint density at radius 2 is 1.67 bits per heavy atom. The van der Waals surface area contributed by atoms with Crippen molar-refractivity contribution in [3.05, 3.63) is 96.4 Å². The molecule has 5 rings (SSSR count). The van der Waals surface area contributed by atoms with Crippen molar-refractivity contribution in [1.82, 2.24) is 9.88 Å². The van der Waals surface area contributed by atoms with Gasteiger partial charge in [0.25, 0.3) is 15.9 Å². The van der Waals surface area contributed by atoms with Crippen molar-refractivity contribution in [1.29, 1.82) is 0 Å². The molecule has 1 aromatic heterocycles. The molecule has 1 aliphatic heterocycles. The van der Waals surface area contributed by atoms with Crippen LogP contribution in [0.2, 0.25) is 0 Å². The largest absolute Gasteiger partial charge is 0.488 e. The Bertz CT molecular complexity index is 1500. The van der Waals surface area contributed by atoms with E-state index in [2.05, 4.69) is 9.71 Å².